The lowest BCUT2D eigenvalue weighted by Gasteiger charge is -2.36. The van der Waals surface area contributed by atoms with Crippen LogP contribution in [-0.4, -0.2) is 78.1 Å². The Kier molecular flexibility index (Phi) is 9.39. The first-order valence-corrected chi connectivity index (χ1v) is 11.1. The van der Waals surface area contributed by atoms with Crippen LogP contribution in [-0.2, 0) is 19.1 Å². The maximum Gasteiger partial charge on any atom is 0.433 e. The van der Waals surface area contributed by atoms with E-state index in [1.165, 1.54) is 7.11 Å². The molecular formula is C21H36N3O7+. The highest BCUT2D eigenvalue weighted by atomic mass is 16.6. The Balaban J connectivity index is 2.22. The molecule has 1 aliphatic carbocycles. The highest BCUT2D eigenvalue weighted by molar-refractivity contribution is 5.93. The van der Waals surface area contributed by atoms with E-state index in [4.69, 9.17) is 9.47 Å². The molecule has 2 aliphatic rings. The van der Waals surface area contributed by atoms with Gasteiger partial charge in [0.2, 0.25) is 6.41 Å². The second kappa shape index (κ2) is 11.5. The average Bonchev–Trinajstić information content (AvgIpc) is 3.36. The summed E-state index contributed by atoms with van der Waals surface area (Å²) >= 11 is 0. The number of carbonyl (C=O) groups is 4. The maximum absolute atomic E-state index is 13.8. The fraction of sp³-hybridized carbons (Fsp3) is 0.810. The summed E-state index contributed by atoms with van der Waals surface area (Å²) in [6.07, 6.45) is 4.74. The van der Waals surface area contributed by atoms with E-state index in [1.807, 2.05) is 6.92 Å². The number of likely N-dealkylation sites (tertiary alicyclic amines) is 1. The van der Waals surface area contributed by atoms with Crippen molar-refractivity contribution in [2.75, 3.05) is 26.8 Å². The zero-order valence-electron chi connectivity index (χ0n) is 18.7. The number of urea groups is 1. The quantitative estimate of drug-likeness (QED) is 0.243. The molecule has 4 atom stereocenters. The van der Waals surface area contributed by atoms with E-state index < -0.39 is 28.6 Å². The number of imide groups is 2. The van der Waals surface area contributed by atoms with E-state index in [2.05, 4.69) is 5.32 Å². The molecule has 5 amide bonds. The van der Waals surface area contributed by atoms with Crippen LogP contribution in [0.15, 0.2) is 0 Å². The number of nitrogens with zero attached hydrogens (tertiary/aromatic N) is 2. The van der Waals surface area contributed by atoms with E-state index >= 15 is 0 Å². The Morgan fingerprint density at radius 3 is 2.45 bits per heavy atom. The molecule has 1 saturated heterocycles. The van der Waals surface area contributed by atoms with Gasteiger partial charge in [-0.3, -0.25) is 10.0 Å². The summed E-state index contributed by atoms with van der Waals surface area (Å²) in [4.78, 5) is 50.2. The lowest BCUT2D eigenvalue weighted by atomic mass is 9.91. The van der Waals surface area contributed by atoms with Crippen molar-refractivity contribution in [3.05, 3.63) is 0 Å². The fourth-order valence-electron chi connectivity index (χ4n) is 4.97. The molecule has 0 aromatic carbocycles. The third kappa shape index (κ3) is 6.24. The third-order valence-corrected chi connectivity index (χ3v) is 6.53. The van der Waals surface area contributed by atoms with Crippen molar-refractivity contribution in [2.45, 2.75) is 70.9 Å². The lowest BCUT2D eigenvalue weighted by Crippen LogP contribution is -2.65. The highest BCUT2D eigenvalue weighted by Crippen LogP contribution is 2.35. The molecule has 2 N–H and O–H groups in total. The minimum Gasteiger partial charge on any atom is -0.444 e. The van der Waals surface area contributed by atoms with Gasteiger partial charge < -0.3 is 9.47 Å². The largest absolute Gasteiger partial charge is 0.444 e. The Bertz CT molecular complexity index is 653. The molecule has 0 bridgehead atoms. The van der Waals surface area contributed by atoms with Crippen molar-refractivity contribution in [1.82, 2.24) is 10.4 Å². The molecule has 1 aliphatic heterocycles. The summed E-state index contributed by atoms with van der Waals surface area (Å²) in [5.41, 5.74) is 0. The molecule has 2 rings (SSSR count). The van der Waals surface area contributed by atoms with Gasteiger partial charge in [0.15, 0.2) is 0 Å². The monoisotopic (exact) mass is 442 g/mol. The average molecular weight is 443 g/mol. The van der Waals surface area contributed by atoms with Gasteiger partial charge in [0.25, 0.3) is 0 Å². The fourth-order valence-corrected chi connectivity index (χ4v) is 4.97. The summed E-state index contributed by atoms with van der Waals surface area (Å²) in [6.45, 7) is 3.72. The normalized spacial score (nSPS) is 25.6. The molecule has 10 nitrogen and oxygen atoms in total. The number of hydroxylamine groups is 2. The van der Waals surface area contributed by atoms with Gasteiger partial charge in [-0.1, -0.05) is 25.7 Å². The smallest absolute Gasteiger partial charge is 0.433 e. The predicted molar refractivity (Wildman–Crippen MR) is 110 cm³/mol. The number of rotatable bonds is 9. The second-order valence-electron chi connectivity index (χ2n) is 8.83. The van der Waals surface area contributed by atoms with Crippen LogP contribution < -0.4 is 5.32 Å². The number of carbonyl (C=O) groups excluding carboxylic acids is 4. The molecule has 0 aromatic rings. The Morgan fingerprint density at radius 1 is 1.23 bits per heavy atom. The topological polar surface area (TPSA) is 122 Å². The molecule has 2 fully saturated rings. The summed E-state index contributed by atoms with van der Waals surface area (Å²) < 4.78 is 9.51. The van der Waals surface area contributed by atoms with Crippen molar-refractivity contribution < 1.29 is 38.3 Å². The summed E-state index contributed by atoms with van der Waals surface area (Å²) in [5.74, 6) is -0.754. The van der Waals surface area contributed by atoms with Crippen LogP contribution in [0.5, 0.6) is 0 Å². The molecule has 10 heteroatoms. The highest BCUT2D eigenvalue weighted by Gasteiger charge is 2.55. The minimum absolute atomic E-state index is 0.172. The lowest BCUT2D eigenvalue weighted by molar-refractivity contribution is -0.786. The predicted octanol–water partition coefficient (Wildman–Crippen LogP) is 2.44. The molecule has 1 heterocycles. The van der Waals surface area contributed by atoms with Crippen LogP contribution >= 0.6 is 0 Å². The number of ether oxygens (including phenoxy) is 2. The number of methoxy groups -OCH3 is 1. The van der Waals surface area contributed by atoms with E-state index in [1.54, 1.807) is 6.92 Å². The molecule has 0 aromatic heterocycles. The van der Waals surface area contributed by atoms with E-state index in [9.17, 15) is 24.4 Å². The van der Waals surface area contributed by atoms with Crippen molar-refractivity contribution in [2.24, 2.45) is 11.8 Å². The molecule has 1 unspecified atom stereocenters. The van der Waals surface area contributed by atoms with Gasteiger partial charge >= 0.3 is 18.0 Å². The number of amides is 5. The second-order valence-corrected chi connectivity index (χ2v) is 8.83. The molecular weight excluding hydrogens is 406 g/mol. The Labute approximate surface area is 183 Å². The number of hydrogen-bond acceptors (Lipinski definition) is 7. The summed E-state index contributed by atoms with van der Waals surface area (Å²) in [7, 11) is 1.47. The number of alkyl carbamates (subject to hydrolysis) is 1. The van der Waals surface area contributed by atoms with E-state index in [0.29, 0.717) is 30.2 Å². The minimum atomic E-state index is -0.928. The van der Waals surface area contributed by atoms with E-state index in [0.717, 1.165) is 25.7 Å². The summed E-state index contributed by atoms with van der Waals surface area (Å²) in [6, 6.07) is -1.05. The molecule has 0 radical (unpaired) electrons. The van der Waals surface area contributed by atoms with Crippen LogP contribution in [0.4, 0.5) is 9.59 Å². The van der Waals surface area contributed by atoms with Crippen LogP contribution in [0, 0.1) is 11.8 Å². The van der Waals surface area contributed by atoms with Crippen molar-refractivity contribution in [3.8, 4) is 0 Å². The van der Waals surface area contributed by atoms with Gasteiger partial charge in [-0.15, -0.1) is 0 Å². The SMILES string of the molecule is COC[C@@H](C)OC(=O)NC(=O)[N+]1(C(=O)[C@H](CC2CCCC2)CN(O)C=O)CCC[C@H]1C. The number of hydrogen-bond donors (Lipinski definition) is 2. The zero-order valence-corrected chi connectivity index (χ0v) is 18.7. The molecule has 1 saturated carbocycles. The zero-order chi connectivity index (χ0) is 23.0. The first kappa shape index (κ1) is 25.2. The van der Waals surface area contributed by atoms with Gasteiger partial charge in [-0.2, -0.15) is 4.48 Å². The van der Waals surface area contributed by atoms with Crippen LogP contribution in [0.1, 0.15) is 58.8 Å². The van der Waals surface area contributed by atoms with Crippen molar-refractivity contribution in [3.63, 3.8) is 0 Å². The molecule has 176 valence electrons. The first-order valence-electron chi connectivity index (χ1n) is 11.1. The van der Waals surface area contributed by atoms with Gasteiger partial charge in [-0.25, -0.2) is 24.8 Å². The van der Waals surface area contributed by atoms with Gasteiger partial charge in [0.1, 0.15) is 12.1 Å². The third-order valence-electron chi connectivity index (χ3n) is 6.53. The summed E-state index contributed by atoms with van der Waals surface area (Å²) in [5, 5.41) is 12.5. The van der Waals surface area contributed by atoms with Gasteiger partial charge in [0, 0.05) is 20.0 Å². The Morgan fingerprint density at radius 2 is 1.90 bits per heavy atom. The van der Waals surface area contributed by atoms with Crippen molar-refractivity contribution in [1.29, 1.82) is 0 Å². The standard InChI is InChI=1S/C21H35N3O7/c1-15-7-6-10-24(15,20(27)22-21(28)31-16(2)13-30-3)19(26)18(12-23(29)14-25)11-17-8-4-5-9-17/h14-18,29H,4-13H2,1-3H3/p+1/t15-,16-,18-,24?/m1/s1. The maximum atomic E-state index is 13.8. The van der Waals surface area contributed by atoms with Crippen LogP contribution in [0.3, 0.4) is 0 Å². The van der Waals surface area contributed by atoms with Crippen LogP contribution in [0.25, 0.3) is 0 Å². The van der Waals surface area contributed by atoms with E-state index in [-0.39, 0.29) is 38.1 Å². The van der Waals surface area contributed by atoms with Crippen LogP contribution in [0.2, 0.25) is 0 Å². The number of quaternary nitrogens is 1. The van der Waals surface area contributed by atoms with Gasteiger partial charge in [-0.05, 0) is 26.2 Å². The molecule has 31 heavy (non-hydrogen) atoms. The van der Waals surface area contributed by atoms with Crippen molar-refractivity contribution >= 4 is 24.4 Å². The first-order chi connectivity index (χ1) is 14.7. The number of nitrogens with one attached hydrogen (secondary N) is 1. The van der Waals surface area contributed by atoms with Gasteiger partial charge in [0.05, 0.1) is 25.6 Å². The Hall–Kier alpha value is -2.04. The molecule has 0 spiro atoms.